The molecule has 1 atom stereocenters. The van der Waals surface area contributed by atoms with Crippen molar-refractivity contribution in [3.63, 3.8) is 0 Å². The Kier molecular flexibility index (Phi) is 6.19. The van der Waals surface area contributed by atoms with Crippen molar-refractivity contribution in [3.8, 4) is 0 Å². The van der Waals surface area contributed by atoms with E-state index < -0.39 is 5.51 Å². The zero-order valence-electron chi connectivity index (χ0n) is 6.83. The van der Waals surface area contributed by atoms with E-state index >= 15 is 0 Å². The largest absolute Gasteiger partial charge is 0.441 e. The molecule has 0 fully saturated rings. The van der Waals surface area contributed by atoms with Gasteiger partial charge in [0.05, 0.1) is 0 Å². The Morgan fingerprint density at radius 3 is 2.33 bits per heavy atom. The van der Waals surface area contributed by atoms with Gasteiger partial charge in [0.2, 0.25) is 0 Å². The maximum atomic E-state index is 11.6. The van der Waals surface area contributed by atoms with Gasteiger partial charge in [0.25, 0.3) is 0 Å². The van der Waals surface area contributed by atoms with Gasteiger partial charge in [-0.15, -0.1) is 11.6 Å². The van der Waals surface area contributed by atoms with Crippen molar-refractivity contribution < 1.29 is 13.2 Å². The molecule has 0 saturated carbocycles. The molecule has 0 aromatic heterocycles. The molecule has 0 saturated heterocycles. The molecule has 0 nitrogen and oxygen atoms in total. The average Bonchev–Trinajstić information content (AvgIpc) is 1.96. The van der Waals surface area contributed by atoms with E-state index in [4.69, 9.17) is 11.6 Å². The summed E-state index contributed by atoms with van der Waals surface area (Å²) in [5, 5.41) is 0. The lowest BCUT2D eigenvalue weighted by molar-refractivity contribution is -0.0328. The Morgan fingerprint density at radius 1 is 1.42 bits per heavy atom. The van der Waals surface area contributed by atoms with Gasteiger partial charge in [0.15, 0.2) is 0 Å². The van der Waals surface area contributed by atoms with Gasteiger partial charge in [-0.3, -0.25) is 0 Å². The lowest BCUT2D eigenvalue weighted by atomic mass is 10.1. The molecule has 12 heavy (non-hydrogen) atoms. The molecule has 0 bridgehead atoms. The fraction of sp³-hybridized carbons (Fsp3) is 1.00. The van der Waals surface area contributed by atoms with Crippen LogP contribution in [0, 0.1) is 5.92 Å². The van der Waals surface area contributed by atoms with Crippen molar-refractivity contribution in [2.75, 3.05) is 11.6 Å². The number of rotatable bonds is 5. The van der Waals surface area contributed by atoms with Crippen molar-refractivity contribution in [3.05, 3.63) is 0 Å². The molecule has 5 heteroatoms. The van der Waals surface area contributed by atoms with Crippen LogP contribution in [0.4, 0.5) is 13.2 Å². The molecule has 0 aromatic carbocycles. The number of halogens is 4. The molecule has 0 heterocycles. The summed E-state index contributed by atoms with van der Waals surface area (Å²) in [5.74, 6) is 0.797. The van der Waals surface area contributed by atoms with E-state index in [9.17, 15) is 13.2 Å². The molecule has 0 amide bonds. The fourth-order valence-electron chi connectivity index (χ4n) is 0.732. The average molecular weight is 221 g/mol. The molecule has 0 spiro atoms. The third-order valence-electron chi connectivity index (χ3n) is 1.59. The summed E-state index contributed by atoms with van der Waals surface area (Å²) < 4.78 is 34.9. The minimum atomic E-state index is -4.09. The van der Waals surface area contributed by atoms with Crippen molar-refractivity contribution in [1.29, 1.82) is 0 Å². The Bertz CT molecular complexity index is 112. The van der Waals surface area contributed by atoms with Crippen LogP contribution in [0.3, 0.4) is 0 Å². The molecule has 74 valence electrons. The maximum absolute atomic E-state index is 11.6. The predicted molar refractivity (Wildman–Crippen MR) is 47.6 cm³/mol. The highest BCUT2D eigenvalue weighted by molar-refractivity contribution is 8.00. The quantitative estimate of drug-likeness (QED) is 0.634. The van der Waals surface area contributed by atoms with Crippen LogP contribution >= 0.6 is 23.4 Å². The summed E-state index contributed by atoms with van der Waals surface area (Å²) in [6, 6.07) is 0. The van der Waals surface area contributed by atoms with E-state index in [1.54, 1.807) is 0 Å². The highest BCUT2D eigenvalue weighted by Gasteiger charge is 2.27. The fourth-order valence-corrected chi connectivity index (χ4v) is 1.79. The number of thioether (sulfide) groups is 1. The topological polar surface area (TPSA) is 0 Å². The van der Waals surface area contributed by atoms with Crippen LogP contribution in [0.15, 0.2) is 0 Å². The third-order valence-corrected chi connectivity index (χ3v) is 2.79. The van der Waals surface area contributed by atoms with Crippen LogP contribution in [0.2, 0.25) is 0 Å². The minimum absolute atomic E-state index is 0.0340. The summed E-state index contributed by atoms with van der Waals surface area (Å²) in [4.78, 5) is 0. The second-order valence-electron chi connectivity index (χ2n) is 2.51. The van der Waals surface area contributed by atoms with E-state index in [2.05, 4.69) is 0 Å². The first-order valence-corrected chi connectivity index (χ1v) is 5.28. The van der Waals surface area contributed by atoms with Crippen LogP contribution in [-0.4, -0.2) is 17.1 Å². The number of hydrogen-bond donors (Lipinski definition) is 0. The molecule has 0 aliphatic carbocycles. The van der Waals surface area contributed by atoms with Gasteiger partial charge in [-0.1, -0.05) is 25.1 Å². The first-order valence-electron chi connectivity index (χ1n) is 3.76. The molecule has 0 aliphatic heterocycles. The number of hydrogen-bond acceptors (Lipinski definition) is 1. The molecule has 0 radical (unpaired) electrons. The Labute approximate surface area is 79.9 Å². The molecule has 0 aliphatic rings. The Hall–Kier alpha value is 0.430. The molecular weight excluding hydrogens is 209 g/mol. The first kappa shape index (κ1) is 12.4. The highest BCUT2D eigenvalue weighted by atomic mass is 35.5. The summed E-state index contributed by atoms with van der Waals surface area (Å²) in [6.45, 7) is 1.94. The van der Waals surface area contributed by atoms with Crippen molar-refractivity contribution in [2.45, 2.75) is 25.3 Å². The molecule has 0 rings (SSSR count). The predicted octanol–water partition coefficient (Wildman–Crippen LogP) is 3.89. The van der Waals surface area contributed by atoms with Gasteiger partial charge in [0, 0.05) is 11.6 Å². The zero-order chi connectivity index (χ0) is 9.61. The molecule has 0 N–H and O–H groups in total. The second-order valence-corrected chi connectivity index (χ2v) is 3.98. The summed E-state index contributed by atoms with van der Waals surface area (Å²) in [5.41, 5.74) is -4.09. The minimum Gasteiger partial charge on any atom is -0.160 e. The maximum Gasteiger partial charge on any atom is 0.441 e. The summed E-state index contributed by atoms with van der Waals surface area (Å²) in [7, 11) is 0. The van der Waals surface area contributed by atoms with E-state index in [0.29, 0.717) is 12.3 Å². The van der Waals surface area contributed by atoms with Gasteiger partial charge in [-0.05, 0) is 12.3 Å². The van der Waals surface area contributed by atoms with Gasteiger partial charge in [-0.25, -0.2) is 0 Å². The first-order chi connectivity index (χ1) is 5.49. The van der Waals surface area contributed by atoms with Crippen molar-refractivity contribution >= 4 is 23.4 Å². The smallest absolute Gasteiger partial charge is 0.160 e. The zero-order valence-corrected chi connectivity index (χ0v) is 8.40. The van der Waals surface area contributed by atoms with Gasteiger partial charge >= 0.3 is 5.51 Å². The monoisotopic (exact) mass is 220 g/mol. The van der Waals surface area contributed by atoms with Crippen molar-refractivity contribution in [2.24, 2.45) is 5.92 Å². The summed E-state index contributed by atoms with van der Waals surface area (Å²) >= 11 is 5.56. The van der Waals surface area contributed by atoms with Crippen molar-refractivity contribution in [1.82, 2.24) is 0 Å². The van der Waals surface area contributed by atoms with E-state index in [1.165, 1.54) is 0 Å². The van der Waals surface area contributed by atoms with Crippen LogP contribution in [-0.2, 0) is 0 Å². The highest BCUT2D eigenvalue weighted by Crippen LogP contribution is 2.31. The van der Waals surface area contributed by atoms with Crippen LogP contribution in [0.25, 0.3) is 0 Å². The van der Waals surface area contributed by atoms with E-state index in [1.807, 2.05) is 6.92 Å². The second kappa shape index (κ2) is 5.97. The van der Waals surface area contributed by atoms with Gasteiger partial charge < -0.3 is 0 Å². The number of alkyl halides is 4. The van der Waals surface area contributed by atoms with E-state index in [0.717, 1.165) is 6.42 Å². The SMILES string of the molecule is CCC(CCl)CCSC(F)(F)F. The molecule has 0 aromatic rings. The molecule has 1 unspecified atom stereocenters. The summed E-state index contributed by atoms with van der Waals surface area (Å²) in [6.07, 6.45) is 1.39. The van der Waals surface area contributed by atoms with Gasteiger partial charge in [-0.2, -0.15) is 13.2 Å². The van der Waals surface area contributed by atoms with E-state index in [-0.39, 0.29) is 23.4 Å². The van der Waals surface area contributed by atoms with Crippen LogP contribution < -0.4 is 0 Å². The Balaban J connectivity index is 3.41. The normalized spacial score (nSPS) is 14.8. The Morgan fingerprint density at radius 2 is 2.00 bits per heavy atom. The molecular formula is C7H12ClF3S. The van der Waals surface area contributed by atoms with Gasteiger partial charge in [0.1, 0.15) is 0 Å². The van der Waals surface area contributed by atoms with Crippen LogP contribution in [0.5, 0.6) is 0 Å². The third kappa shape index (κ3) is 7.10. The lowest BCUT2D eigenvalue weighted by Gasteiger charge is -2.11. The lowest BCUT2D eigenvalue weighted by Crippen LogP contribution is -2.06. The van der Waals surface area contributed by atoms with Crippen LogP contribution in [0.1, 0.15) is 19.8 Å². The standard InChI is InChI=1S/C7H12ClF3S/c1-2-6(5-8)3-4-12-7(9,10)11/h6H,2-5H2,1H3.